The molecule has 1 aromatic heterocycles. The Balaban J connectivity index is 0.000000861. The van der Waals surface area contributed by atoms with Crippen LogP contribution in [0.1, 0.15) is 25.1 Å². The second kappa shape index (κ2) is 8.08. The van der Waals surface area contributed by atoms with Crippen LogP contribution in [0.3, 0.4) is 0 Å². The maximum atomic E-state index is 10.5. The number of nitrogens with zero attached hydrogens (tertiary/aromatic N) is 2. The normalized spacial score (nSPS) is 9.42. The Morgan fingerprint density at radius 1 is 1.32 bits per heavy atom. The molecule has 1 heterocycles. The van der Waals surface area contributed by atoms with E-state index in [0.29, 0.717) is 6.41 Å². The standard InChI is InChI=1S/C13H15N3O.C2H6/c1-11-8-16(9-14-11)7-6-12-4-2-3-5-13(12)15-10-17;1-2/h2-5,8-10H,6-7H2,1H3,(H,15,17);1-2H3. The number of aromatic nitrogens is 2. The number of para-hydroxylation sites is 1. The first-order valence-corrected chi connectivity index (χ1v) is 6.56. The molecule has 0 bridgehead atoms. The van der Waals surface area contributed by atoms with Crippen molar-refractivity contribution in [1.82, 2.24) is 9.55 Å². The minimum absolute atomic E-state index is 0.709. The summed E-state index contributed by atoms with van der Waals surface area (Å²) in [6.45, 7) is 6.83. The molecule has 0 unspecified atom stereocenters. The highest BCUT2D eigenvalue weighted by Crippen LogP contribution is 2.15. The molecular formula is C15H21N3O. The van der Waals surface area contributed by atoms with Gasteiger partial charge in [0.25, 0.3) is 0 Å². The fourth-order valence-corrected chi connectivity index (χ4v) is 1.79. The van der Waals surface area contributed by atoms with Crippen LogP contribution >= 0.6 is 0 Å². The molecule has 0 aliphatic heterocycles. The molecule has 0 fully saturated rings. The number of hydrogen-bond donors (Lipinski definition) is 1. The van der Waals surface area contributed by atoms with Gasteiger partial charge in [0.2, 0.25) is 6.41 Å². The lowest BCUT2D eigenvalue weighted by Gasteiger charge is -2.08. The van der Waals surface area contributed by atoms with Crippen LogP contribution in [-0.4, -0.2) is 16.0 Å². The zero-order chi connectivity index (χ0) is 14.1. The largest absolute Gasteiger partial charge is 0.337 e. The zero-order valence-corrected chi connectivity index (χ0v) is 11.8. The molecule has 1 amide bonds. The summed E-state index contributed by atoms with van der Waals surface area (Å²) in [6, 6.07) is 7.82. The molecular weight excluding hydrogens is 238 g/mol. The molecule has 1 N–H and O–H groups in total. The van der Waals surface area contributed by atoms with Crippen molar-refractivity contribution >= 4 is 12.1 Å². The van der Waals surface area contributed by atoms with E-state index in [-0.39, 0.29) is 0 Å². The van der Waals surface area contributed by atoms with Crippen molar-refractivity contribution in [2.24, 2.45) is 0 Å². The van der Waals surface area contributed by atoms with E-state index < -0.39 is 0 Å². The Bertz CT molecular complexity index is 506. The van der Waals surface area contributed by atoms with E-state index in [1.165, 1.54) is 0 Å². The number of hydrogen-bond acceptors (Lipinski definition) is 2. The molecule has 102 valence electrons. The number of benzene rings is 1. The number of anilines is 1. The Labute approximate surface area is 114 Å². The molecule has 0 saturated heterocycles. The zero-order valence-electron chi connectivity index (χ0n) is 11.8. The first-order valence-electron chi connectivity index (χ1n) is 6.56. The van der Waals surface area contributed by atoms with E-state index in [0.717, 1.165) is 29.9 Å². The maximum absolute atomic E-state index is 10.5. The van der Waals surface area contributed by atoms with Gasteiger partial charge in [-0.25, -0.2) is 4.98 Å². The summed E-state index contributed by atoms with van der Waals surface area (Å²) in [5.41, 5.74) is 3.02. The Morgan fingerprint density at radius 2 is 2.05 bits per heavy atom. The smallest absolute Gasteiger partial charge is 0.211 e. The molecule has 4 heteroatoms. The van der Waals surface area contributed by atoms with Gasteiger partial charge < -0.3 is 9.88 Å². The summed E-state index contributed by atoms with van der Waals surface area (Å²) in [6.07, 6.45) is 5.41. The van der Waals surface area contributed by atoms with E-state index in [1.807, 2.05) is 62.1 Å². The third-order valence-electron chi connectivity index (χ3n) is 2.63. The molecule has 4 nitrogen and oxygen atoms in total. The summed E-state index contributed by atoms with van der Waals surface area (Å²) in [4.78, 5) is 14.7. The van der Waals surface area contributed by atoms with Gasteiger partial charge in [0.05, 0.1) is 12.0 Å². The van der Waals surface area contributed by atoms with Crippen LogP contribution in [0, 0.1) is 6.92 Å². The summed E-state index contributed by atoms with van der Waals surface area (Å²) >= 11 is 0. The number of rotatable bonds is 5. The van der Waals surface area contributed by atoms with Crippen LogP contribution in [-0.2, 0) is 17.8 Å². The maximum Gasteiger partial charge on any atom is 0.211 e. The minimum atomic E-state index is 0.709. The van der Waals surface area contributed by atoms with Gasteiger partial charge in [-0.15, -0.1) is 0 Å². The lowest BCUT2D eigenvalue weighted by atomic mass is 10.1. The Hall–Kier alpha value is -2.10. The van der Waals surface area contributed by atoms with Crippen LogP contribution < -0.4 is 5.32 Å². The van der Waals surface area contributed by atoms with Crippen LogP contribution in [0.4, 0.5) is 5.69 Å². The number of nitrogens with one attached hydrogen (secondary N) is 1. The van der Waals surface area contributed by atoms with E-state index >= 15 is 0 Å². The van der Waals surface area contributed by atoms with Crippen molar-refractivity contribution in [1.29, 1.82) is 0 Å². The Kier molecular flexibility index (Phi) is 6.36. The fourth-order valence-electron chi connectivity index (χ4n) is 1.79. The first-order chi connectivity index (χ1) is 9.29. The van der Waals surface area contributed by atoms with Gasteiger partial charge in [-0.3, -0.25) is 4.79 Å². The molecule has 0 atom stereocenters. The SMILES string of the molecule is CC.Cc1cn(CCc2ccccc2NC=O)cn1. The average molecular weight is 259 g/mol. The molecule has 0 saturated carbocycles. The molecule has 1 aromatic carbocycles. The molecule has 2 aromatic rings. The van der Waals surface area contributed by atoms with Crippen LogP contribution in [0.2, 0.25) is 0 Å². The van der Waals surface area contributed by atoms with Gasteiger partial charge in [0.1, 0.15) is 0 Å². The number of imidazole rings is 1. The average Bonchev–Trinajstić information content (AvgIpc) is 2.86. The van der Waals surface area contributed by atoms with Crippen molar-refractivity contribution in [2.45, 2.75) is 33.7 Å². The summed E-state index contributed by atoms with van der Waals surface area (Å²) in [7, 11) is 0. The molecule has 0 spiro atoms. The van der Waals surface area contributed by atoms with Gasteiger partial charge in [-0.1, -0.05) is 32.0 Å². The van der Waals surface area contributed by atoms with Crippen molar-refractivity contribution < 1.29 is 4.79 Å². The molecule has 0 radical (unpaired) electrons. The summed E-state index contributed by atoms with van der Waals surface area (Å²) in [5, 5.41) is 2.71. The number of carbonyl (C=O) groups is 1. The van der Waals surface area contributed by atoms with Crippen molar-refractivity contribution in [3.63, 3.8) is 0 Å². The third kappa shape index (κ3) is 4.58. The van der Waals surface area contributed by atoms with Gasteiger partial charge in [-0.2, -0.15) is 0 Å². The van der Waals surface area contributed by atoms with Crippen LogP contribution in [0.25, 0.3) is 0 Å². The summed E-state index contributed by atoms with van der Waals surface area (Å²) in [5.74, 6) is 0. The van der Waals surface area contributed by atoms with Crippen molar-refractivity contribution in [3.05, 3.63) is 48.0 Å². The second-order valence-electron chi connectivity index (χ2n) is 3.92. The molecule has 2 rings (SSSR count). The second-order valence-corrected chi connectivity index (χ2v) is 3.92. The van der Waals surface area contributed by atoms with E-state index in [1.54, 1.807) is 0 Å². The number of amides is 1. The fraction of sp³-hybridized carbons (Fsp3) is 0.333. The molecule has 19 heavy (non-hydrogen) atoms. The van der Waals surface area contributed by atoms with Crippen LogP contribution in [0.15, 0.2) is 36.8 Å². The molecule has 0 aliphatic rings. The predicted molar refractivity (Wildman–Crippen MR) is 78.1 cm³/mol. The topological polar surface area (TPSA) is 46.9 Å². The summed E-state index contributed by atoms with van der Waals surface area (Å²) < 4.78 is 2.05. The first kappa shape index (κ1) is 15.0. The van der Waals surface area contributed by atoms with E-state index in [9.17, 15) is 4.79 Å². The van der Waals surface area contributed by atoms with Gasteiger partial charge in [0, 0.05) is 18.4 Å². The Morgan fingerprint density at radius 3 is 2.68 bits per heavy atom. The van der Waals surface area contributed by atoms with Gasteiger partial charge in [-0.05, 0) is 25.0 Å². The van der Waals surface area contributed by atoms with Gasteiger partial charge in [0.15, 0.2) is 0 Å². The molecule has 0 aliphatic carbocycles. The predicted octanol–water partition coefficient (Wildman–Crippen LogP) is 3.03. The lowest BCUT2D eigenvalue weighted by Crippen LogP contribution is -2.03. The van der Waals surface area contributed by atoms with E-state index in [4.69, 9.17) is 0 Å². The van der Waals surface area contributed by atoms with Gasteiger partial charge >= 0.3 is 0 Å². The number of carbonyl (C=O) groups excluding carboxylic acids is 1. The third-order valence-corrected chi connectivity index (χ3v) is 2.63. The quantitative estimate of drug-likeness (QED) is 0.839. The van der Waals surface area contributed by atoms with Crippen molar-refractivity contribution in [3.8, 4) is 0 Å². The minimum Gasteiger partial charge on any atom is -0.337 e. The van der Waals surface area contributed by atoms with Crippen LogP contribution in [0.5, 0.6) is 0 Å². The highest BCUT2D eigenvalue weighted by atomic mass is 16.1. The highest BCUT2D eigenvalue weighted by Gasteiger charge is 2.01. The monoisotopic (exact) mass is 259 g/mol. The number of aryl methyl sites for hydroxylation is 3. The highest BCUT2D eigenvalue weighted by molar-refractivity contribution is 5.73. The van der Waals surface area contributed by atoms with Crippen molar-refractivity contribution in [2.75, 3.05) is 5.32 Å². The lowest BCUT2D eigenvalue weighted by molar-refractivity contribution is -0.105. The van der Waals surface area contributed by atoms with E-state index in [2.05, 4.69) is 10.3 Å².